The van der Waals surface area contributed by atoms with E-state index in [1.54, 1.807) is 44.2 Å². The molecular formula is C35H32ClF4N9O4. The SMILES string of the molecule is CC(C)(CNC(=O)C(=O)Nc1ccc(C#N)cc1F)CNC(=O)c1ccc(Nc2nc(NC3(c4ccc(Cl)cc4)CC3)nc(OCC(F)(F)F)n2)cc1. The molecular weight excluding hydrogens is 722 g/mol. The van der Waals surface area contributed by atoms with Crippen molar-refractivity contribution < 1.29 is 36.7 Å². The normalized spacial score (nSPS) is 13.2. The van der Waals surface area contributed by atoms with Crippen molar-refractivity contribution in [3.05, 3.63) is 94.3 Å². The molecule has 1 saturated carbocycles. The molecule has 1 aliphatic rings. The number of alkyl halides is 3. The molecule has 18 heteroatoms. The highest BCUT2D eigenvalue weighted by molar-refractivity contribution is 6.39. The Kier molecular flexibility index (Phi) is 11.3. The highest BCUT2D eigenvalue weighted by Gasteiger charge is 2.45. The van der Waals surface area contributed by atoms with Gasteiger partial charge in [-0.05, 0) is 78.4 Å². The number of anilines is 4. The van der Waals surface area contributed by atoms with Gasteiger partial charge in [-0.25, -0.2) is 4.39 Å². The summed E-state index contributed by atoms with van der Waals surface area (Å²) in [7, 11) is 0. The van der Waals surface area contributed by atoms with Crippen molar-refractivity contribution in [3.63, 3.8) is 0 Å². The molecule has 1 aliphatic carbocycles. The van der Waals surface area contributed by atoms with E-state index in [0.29, 0.717) is 10.7 Å². The van der Waals surface area contributed by atoms with Crippen LogP contribution in [0.3, 0.4) is 0 Å². The maximum atomic E-state index is 14.1. The Labute approximate surface area is 305 Å². The molecule has 0 saturated heterocycles. The zero-order chi connectivity index (χ0) is 38.4. The molecule has 0 atom stereocenters. The molecule has 1 fully saturated rings. The summed E-state index contributed by atoms with van der Waals surface area (Å²) in [5.41, 5.74) is 0.112. The van der Waals surface area contributed by atoms with E-state index in [0.717, 1.165) is 24.5 Å². The molecule has 3 amide bonds. The minimum atomic E-state index is -4.62. The highest BCUT2D eigenvalue weighted by atomic mass is 35.5. The number of hydrogen-bond acceptors (Lipinski definition) is 10. The lowest BCUT2D eigenvalue weighted by molar-refractivity contribution is -0.154. The fraction of sp³-hybridized carbons (Fsp3) is 0.286. The number of carbonyl (C=O) groups is 3. The number of carbonyl (C=O) groups excluding carboxylic acids is 3. The number of hydrogen-bond donors (Lipinski definition) is 5. The fourth-order valence-corrected chi connectivity index (χ4v) is 4.98. The molecule has 53 heavy (non-hydrogen) atoms. The fourth-order valence-electron chi connectivity index (χ4n) is 4.86. The summed E-state index contributed by atoms with van der Waals surface area (Å²) in [5, 5.41) is 22.8. The zero-order valence-corrected chi connectivity index (χ0v) is 29.0. The van der Waals surface area contributed by atoms with E-state index in [9.17, 15) is 31.9 Å². The van der Waals surface area contributed by atoms with Crippen LogP contribution in [-0.4, -0.2) is 58.5 Å². The molecule has 13 nitrogen and oxygen atoms in total. The van der Waals surface area contributed by atoms with E-state index in [1.165, 1.54) is 24.3 Å². The molecule has 0 radical (unpaired) electrons. The summed E-state index contributed by atoms with van der Waals surface area (Å²) in [6, 6.07) is 17.8. The number of nitrogens with zero attached hydrogens (tertiary/aromatic N) is 4. The summed E-state index contributed by atoms with van der Waals surface area (Å²) < 4.78 is 57.7. The number of nitriles is 1. The standard InChI is InChI=1S/C35H32ClF4N9O4/c1-33(2,18-43-28(51)29(52)45-26-12-3-20(16-41)15-25(26)37)17-42-27(50)21-4-10-24(11-5-21)44-30-46-31(48-32(47-30)53-19-35(38,39)40)49-34(13-14-34)22-6-8-23(36)9-7-22/h3-12,15H,13-14,17-19H2,1-2H3,(H,42,50)(H,43,51)(H,45,52)(H2,44,46,47,48,49). The van der Waals surface area contributed by atoms with Crippen LogP contribution < -0.4 is 31.3 Å². The minimum absolute atomic E-state index is 0.0113. The van der Waals surface area contributed by atoms with Crippen LogP contribution in [0.2, 0.25) is 5.02 Å². The molecule has 0 aliphatic heterocycles. The number of nitrogens with one attached hydrogen (secondary N) is 5. The molecule has 0 unspecified atom stereocenters. The maximum Gasteiger partial charge on any atom is 0.422 e. The van der Waals surface area contributed by atoms with Crippen LogP contribution in [0.5, 0.6) is 6.01 Å². The first kappa shape index (κ1) is 38.2. The maximum absolute atomic E-state index is 14.1. The second-order valence-corrected chi connectivity index (χ2v) is 13.3. The number of aromatic nitrogens is 3. The minimum Gasteiger partial charge on any atom is -0.454 e. The molecule has 5 rings (SSSR count). The molecule has 0 bridgehead atoms. The second kappa shape index (κ2) is 15.7. The van der Waals surface area contributed by atoms with Crippen molar-refractivity contribution in [3.8, 4) is 12.1 Å². The van der Waals surface area contributed by atoms with E-state index < -0.39 is 53.3 Å². The van der Waals surface area contributed by atoms with E-state index >= 15 is 0 Å². The molecule has 5 N–H and O–H groups in total. The molecule has 1 aromatic heterocycles. The number of benzene rings is 3. The predicted octanol–water partition coefficient (Wildman–Crippen LogP) is 5.83. The zero-order valence-electron chi connectivity index (χ0n) is 28.2. The molecule has 276 valence electrons. The summed E-state index contributed by atoms with van der Waals surface area (Å²) in [6.07, 6.45) is -3.18. The van der Waals surface area contributed by atoms with E-state index in [1.807, 2.05) is 12.1 Å². The molecule has 3 aromatic carbocycles. The van der Waals surface area contributed by atoms with Gasteiger partial charge in [0.1, 0.15) is 5.82 Å². The Morgan fingerprint density at radius 1 is 0.906 bits per heavy atom. The number of rotatable bonds is 13. The monoisotopic (exact) mass is 753 g/mol. The van der Waals surface area contributed by atoms with Crippen molar-refractivity contribution in [2.75, 3.05) is 35.6 Å². The summed E-state index contributed by atoms with van der Waals surface area (Å²) in [5.74, 6) is -3.57. The molecule has 4 aromatic rings. The first-order valence-corrected chi connectivity index (χ1v) is 16.3. The van der Waals surface area contributed by atoms with E-state index in [2.05, 4.69) is 41.5 Å². The average molecular weight is 754 g/mol. The van der Waals surface area contributed by atoms with Gasteiger partial charge in [0.15, 0.2) is 6.61 Å². The van der Waals surface area contributed by atoms with Gasteiger partial charge in [-0.3, -0.25) is 14.4 Å². The summed E-state index contributed by atoms with van der Waals surface area (Å²) >= 11 is 6.02. The second-order valence-electron chi connectivity index (χ2n) is 12.9. The van der Waals surface area contributed by atoms with Gasteiger partial charge in [0.25, 0.3) is 5.91 Å². The van der Waals surface area contributed by atoms with Crippen LogP contribution in [-0.2, 0) is 15.1 Å². The van der Waals surface area contributed by atoms with Gasteiger partial charge in [-0.15, -0.1) is 0 Å². The number of ether oxygens (including phenoxy) is 1. The van der Waals surface area contributed by atoms with E-state index in [4.69, 9.17) is 21.6 Å². The van der Waals surface area contributed by atoms with Gasteiger partial charge in [0.2, 0.25) is 11.9 Å². The molecule has 1 heterocycles. The lowest BCUT2D eigenvalue weighted by Gasteiger charge is -2.25. The highest BCUT2D eigenvalue weighted by Crippen LogP contribution is 2.48. The number of amides is 3. The van der Waals surface area contributed by atoms with Crippen LogP contribution in [0.15, 0.2) is 66.7 Å². The largest absolute Gasteiger partial charge is 0.454 e. The average Bonchev–Trinajstić information content (AvgIpc) is 3.90. The Hall–Kier alpha value is -6.02. The first-order chi connectivity index (χ1) is 25.0. The van der Waals surface area contributed by atoms with Crippen molar-refractivity contribution in [1.82, 2.24) is 25.6 Å². The van der Waals surface area contributed by atoms with Gasteiger partial charge < -0.3 is 31.3 Å². The lowest BCUT2D eigenvalue weighted by Crippen LogP contribution is -2.45. The third kappa shape index (κ3) is 10.7. The van der Waals surface area contributed by atoms with Gasteiger partial charge in [0.05, 0.1) is 22.9 Å². The van der Waals surface area contributed by atoms with Crippen molar-refractivity contribution in [1.29, 1.82) is 5.26 Å². The van der Waals surface area contributed by atoms with Crippen molar-refractivity contribution in [2.24, 2.45) is 5.41 Å². The topological polar surface area (TPSA) is 183 Å². The van der Waals surface area contributed by atoms with Crippen LogP contribution >= 0.6 is 11.6 Å². The summed E-state index contributed by atoms with van der Waals surface area (Å²) in [6.45, 7) is 1.95. The Bertz CT molecular complexity index is 2040. The van der Waals surface area contributed by atoms with Crippen LogP contribution in [0, 0.1) is 22.6 Å². The molecule has 0 spiro atoms. The van der Waals surface area contributed by atoms with Crippen LogP contribution in [0.4, 0.5) is 40.8 Å². The first-order valence-electron chi connectivity index (χ1n) is 16.0. The summed E-state index contributed by atoms with van der Waals surface area (Å²) in [4.78, 5) is 49.8. The Morgan fingerprint density at radius 3 is 2.19 bits per heavy atom. The van der Waals surface area contributed by atoms with Crippen molar-refractivity contribution >= 4 is 52.6 Å². The predicted molar refractivity (Wildman–Crippen MR) is 186 cm³/mol. The van der Waals surface area contributed by atoms with Crippen molar-refractivity contribution in [2.45, 2.75) is 38.4 Å². The van der Waals surface area contributed by atoms with E-state index in [-0.39, 0.29) is 41.8 Å². The third-order valence-electron chi connectivity index (χ3n) is 7.89. The Balaban J connectivity index is 1.17. The van der Waals surface area contributed by atoms with Gasteiger partial charge in [-0.2, -0.15) is 33.4 Å². The lowest BCUT2D eigenvalue weighted by atomic mass is 9.93. The quantitative estimate of drug-likeness (QED) is 0.0823. The third-order valence-corrected chi connectivity index (χ3v) is 8.14. The van der Waals surface area contributed by atoms with Gasteiger partial charge >= 0.3 is 24.0 Å². The Morgan fingerprint density at radius 2 is 1.57 bits per heavy atom. The van der Waals surface area contributed by atoms with Crippen LogP contribution in [0.1, 0.15) is 48.2 Å². The van der Waals surface area contributed by atoms with Crippen LogP contribution in [0.25, 0.3) is 0 Å². The van der Waals surface area contributed by atoms with Gasteiger partial charge in [0, 0.05) is 29.4 Å². The number of halogens is 5. The van der Waals surface area contributed by atoms with Gasteiger partial charge in [-0.1, -0.05) is 37.6 Å². The smallest absolute Gasteiger partial charge is 0.422 e.